The molecule has 9 atom stereocenters. The van der Waals surface area contributed by atoms with Gasteiger partial charge < -0.3 is 20.1 Å². The summed E-state index contributed by atoms with van der Waals surface area (Å²) in [5.41, 5.74) is -0.547. The first-order valence-corrected chi connectivity index (χ1v) is 9.11. The minimum Gasteiger partial charge on any atom is -0.390 e. The first-order valence-electron chi connectivity index (χ1n) is 9.11. The van der Waals surface area contributed by atoms with Gasteiger partial charge in [0.2, 0.25) is 0 Å². The Hall–Kier alpha value is -0.420. The Kier molecular flexibility index (Phi) is 3.36. The summed E-state index contributed by atoms with van der Waals surface area (Å²) in [7, 11) is 0. The zero-order chi connectivity index (χ0) is 16.7. The molecule has 4 fully saturated rings. The summed E-state index contributed by atoms with van der Waals surface area (Å²) in [6.45, 7) is 10.5. The SMILES string of the molecule is C=C1C[C@@H]2OC(C)(C)[C@H]3[C@H](O)[C@@H](O)[C@@](O)(C[C@H]4[C@H](C)CC[C@@H]14)[C@H]32. The van der Waals surface area contributed by atoms with Crippen molar-refractivity contribution in [2.45, 2.75) is 76.0 Å². The third-order valence-electron chi connectivity index (χ3n) is 7.56. The maximum atomic E-state index is 11.5. The summed E-state index contributed by atoms with van der Waals surface area (Å²) in [6.07, 6.45) is 1.39. The Labute approximate surface area is 138 Å². The zero-order valence-electron chi connectivity index (χ0n) is 14.4. The van der Waals surface area contributed by atoms with Crippen LogP contribution in [0.3, 0.4) is 0 Å². The molecule has 0 radical (unpaired) electrons. The van der Waals surface area contributed by atoms with Crippen molar-refractivity contribution in [3.05, 3.63) is 12.2 Å². The first-order chi connectivity index (χ1) is 10.7. The second-order valence-corrected chi connectivity index (χ2v) is 9.13. The van der Waals surface area contributed by atoms with Crippen molar-refractivity contribution in [3.63, 3.8) is 0 Å². The van der Waals surface area contributed by atoms with Crippen LogP contribution in [-0.2, 0) is 4.74 Å². The van der Waals surface area contributed by atoms with E-state index >= 15 is 0 Å². The summed E-state index contributed by atoms with van der Waals surface area (Å²) in [6, 6.07) is 0. The first kappa shape index (κ1) is 16.1. The molecule has 3 N–H and O–H groups in total. The van der Waals surface area contributed by atoms with E-state index in [9.17, 15) is 15.3 Å². The third kappa shape index (κ3) is 1.98. The van der Waals surface area contributed by atoms with Crippen LogP contribution in [0.15, 0.2) is 12.2 Å². The topological polar surface area (TPSA) is 69.9 Å². The molecule has 4 rings (SSSR count). The van der Waals surface area contributed by atoms with Crippen molar-refractivity contribution < 1.29 is 20.1 Å². The van der Waals surface area contributed by atoms with E-state index in [0.717, 1.165) is 19.3 Å². The summed E-state index contributed by atoms with van der Waals surface area (Å²) < 4.78 is 6.26. The fraction of sp³-hybridized carbons (Fsp3) is 0.895. The molecule has 1 saturated heterocycles. The van der Waals surface area contributed by atoms with Crippen LogP contribution in [0.5, 0.6) is 0 Å². The number of hydrogen-bond donors (Lipinski definition) is 3. The molecule has 3 saturated carbocycles. The van der Waals surface area contributed by atoms with Gasteiger partial charge in [0.1, 0.15) is 6.10 Å². The van der Waals surface area contributed by atoms with E-state index < -0.39 is 23.4 Å². The minimum absolute atomic E-state index is 0.156. The largest absolute Gasteiger partial charge is 0.390 e. The van der Waals surface area contributed by atoms with Crippen LogP contribution < -0.4 is 0 Å². The van der Waals surface area contributed by atoms with Crippen molar-refractivity contribution in [1.82, 2.24) is 0 Å². The number of ether oxygens (including phenoxy) is 1. The van der Waals surface area contributed by atoms with E-state index in [0.29, 0.717) is 24.2 Å². The van der Waals surface area contributed by atoms with Crippen molar-refractivity contribution in [1.29, 1.82) is 0 Å². The lowest BCUT2D eigenvalue weighted by molar-refractivity contribution is -0.155. The van der Waals surface area contributed by atoms with Crippen LogP contribution in [0.4, 0.5) is 0 Å². The molecule has 0 aromatic rings. The lowest BCUT2D eigenvalue weighted by Crippen LogP contribution is -2.52. The van der Waals surface area contributed by atoms with Gasteiger partial charge >= 0.3 is 0 Å². The predicted molar refractivity (Wildman–Crippen MR) is 86.6 cm³/mol. The Morgan fingerprint density at radius 3 is 2.57 bits per heavy atom. The Balaban J connectivity index is 1.79. The minimum atomic E-state index is -1.25. The number of fused-ring (bicyclic) bond motifs is 1. The van der Waals surface area contributed by atoms with Gasteiger partial charge in [-0.1, -0.05) is 19.1 Å². The smallest absolute Gasteiger partial charge is 0.109 e. The molecule has 130 valence electrons. The van der Waals surface area contributed by atoms with Crippen LogP contribution in [0.25, 0.3) is 0 Å². The summed E-state index contributed by atoms with van der Waals surface area (Å²) in [4.78, 5) is 0. The average molecular weight is 322 g/mol. The molecule has 0 unspecified atom stereocenters. The second-order valence-electron chi connectivity index (χ2n) is 9.13. The number of hydrogen-bond acceptors (Lipinski definition) is 4. The summed E-state index contributed by atoms with van der Waals surface area (Å²) in [5, 5.41) is 32.9. The molecule has 0 aromatic heterocycles. The van der Waals surface area contributed by atoms with Crippen molar-refractivity contribution >= 4 is 0 Å². The Bertz CT molecular complexity index is 529. The highest BCUT2D eigenvalue weighted by Crippen LogP contribution is 2.61. The highest BCUT2D eigenvalue weighted by Gasteiger charge is 2.70. The highest BCUT2D eigenvalue weighted by atomic mass is 16.5. The van der Waals surface area contributed by atoms with Gasteiger partial charge in [-0.25, -0.2) is 0 Å². The summed E-state index contributed by atoms with van der Waals surface area (Å²) in [5.74, 6) is 0.834. The molecule has 23 heavy (non-hydrogen) atoms. The molecule has 3 aliphatic carbocycles. The number of rotatable bonds is 0. The summed E-state index contributed by atoms with van der Waals surface area (Å²) >= 11 is 0. The van der Waals surface area contributed by atoms with Gasteiger partial charge in [0.05, 0.1) is 23.4 Å². The van der Waals surface area contributed by atoms with Crippen LogP contribution in [-0.4, -0.2) is 44.8 Å². The number of aliphatic hydroxyl groups excluding tert-OH is 2. The standard InChI is InChI=1S/C19H30O4/c1-9-5-6-11-10(2)7-13-14-15(18(3,4)23-13)16(20)17(21)19(14,22)8-12(9)11/h9,11-17,20-22H,2,5-8H2,1,3-4H3/t9-,11+,12+,13+,14+,15-,16+,17-,19-/m1/s1. The molecule has 0 bridgehead atoms. The number of aliphatic hydroxyl groups is 3. The van der Waals surface area contributed by atoms with Crippen LogP contribution in [0, 0.1) is 29.6 Å². The Morgan fingerprint density at radius 1 is 1.17 bits per heavy atom. The molecule has 1 aliphatic heterocycles. The fourth-order valence-corrected chi connectivity index (χ4v) is 6.48. The predicted octanol–water partition coefficient (Wildman–Crippen LogP) is 1.87. The van der Waals surface area contributed by atoms with Gasteiger partial charge in [0.25, 0.3) is 0 Å². The molecular formula is C19H30O4. The van der Waals surface area contributed by atoms with Crippen LogP contribution in [0.1, 0.15) is 46.5 Å². The highest BCUT2D eigenvalue weighted by molar-refractivity contribution is 5.23. The second kappa shape index (κ2) is 4.81. The van der Waals surface area contributed by atoms with Gasteiger partial charge in [-0.05, 0) is 57.3 Å². The van der Waals surface area contributed by atoms with E-state index in [-0.39, 0.29) is 17.9 Å². The molecule has 4 aliphatic rings. The average Bonchev–Trinajstić information content (AvgIpc) is 2.99. The van der Waals surface area contributed by atoms with Crippen molar-refractivity contribution in [3.8, 4) is 0 Å². The zero-order valence-corrected chi connectivity index (χ0v) is 14.4. The quantitative estimate of drug-likeness (QED) is 0.596. The molecule has 0 amide bonds. The van der Waals surface area contributed by atoms with Crippen LogP contribution in [0.2, 0.25) is 0 Å². The molecule has 0 aromatic carbocycles. The van der Waals surface area contributed by atoms with E-state index in [2.05, 4.69) is 13.5 Å². The molecule has 4 nitrogen and oxygen atoms in total. The Morgan fingerprint density at radius 2 is 1.87 bits per heavy atom. The molecule has 0 spiro atoms. The van der Waals surface area contributed by atoms with Crippen molar-refractivity contribution in [2.24, 2.45) is 29.6 Å². The maximum absolute atomic E-state index is 11.5. The van der Waals surface area contributed by atoms with Gasteiger partial charge in [-0.15, -0.1) is 0 Å². The van der Waals surface area contributed by atoms with E-state index in [4.69, 9.17) is 4.74 Å². The molecule has 4 heteroatoms. The van der Waals surface area contributed by atoms with Crippen molar-refractivity contribution in [2.75, 3.05) is 0 Å². The maximum Gasteiger partial charge on any atom is 0.109 e. The van der Waals surface area contributed by atoms with E-state index in [1.54, 1.807) is 0 Å². The van der Waals surface area contributed by atoms with Crippen LogP contribution >= 0.6 is 0 Å². The fourth-order valence-electron chi connectivity index (χ4n) is 6.48. The van der Waals surface area contributed by atoms with Gasteiger partial charge in [-0.3, -0.25) is 0 Å². The molecular weight excluding hydrogens is 292 g/mol. The molecule has 1 heterocycles. The lowest BCUT2D eigenvalue weighted by atomic mass is 9.67. The van der Waals surface area contributed by atoms with E-state index in [1.807, 2.05) is 13.8 Å². The lowest BCUT2D eigenvalue weighted by Gasteiger charge is -2.42. The van der Waals surface area contributed by atoms with Gasteiger partial charge in [0, 0.05) is 11.8 Å². The van der Waals surface area contributed by atoms with E-state index in [1.165, 1.54) is 5.57 Å². The monoisotopic (exact) mass is 322 g/mol. The van der Waals surface area contributed by atoms with Gasteiger partial charge in [0.15, 0.2) is 0 Å². The normalized spacial score (nSPS) is 57.7. The third-order valence-corrected chi connectivity index (χ3v) is 7.56. The van der Waals surface area contributed by atoms with Gasteiger partial charge in [-0.2, -0.15) is 0 Å².